The number of primary sulfonamides is 1. The predicted octanol–water partition coefficient (Wildman–Crippen LogP) is 4.26. The molecule has 0 radical (unpaired) electrons. The topological polar surface area (TPSA) is 127 Å². The molecular formula is C23H31F3N6O2S. The summed E-state index contributed by atoms with van der Waals surface area (Å²) >= 11 is 0. The Morgan fingerprint density at radius 3 is 2.29 bits per heavy atom. The van der Waals surface area contributed by atoms with Crippen molar-refractivity contribution in [2.75, 3.05) is 0 Å². The highest BCUT2D eigenvalue weighted by Gasteiger charge is 2.45. The van der Waals surface area contributed by atoms with Gasteiger partial charge in [0.2, 0.25) is 15.8 Å². The van der Waals surface area contributed by atoms with Crippen LogP contribution >= 0.6 is 0 Å². The zero-order chi connectivity index (χ0) is 24.8. The Hall–Kier alpha value is -2.05. The Morgan fingerprint density at radius 1 is 1.03 bits per heavy atom. The van der Waals surface area contributed by atoms with Gasteiger partial charge in [0.05, 0.1) is 5.56 Å². The summed E-state index contributed by atoms with van der Waals surface area (Å²) in [6, 6.07) is 3.06. The minimum atomic E-state index is -4.90. The van der Waals surface area contributed by atoms with E-state index in [1.54, 1.807) is 0 Å². The van der Waals surface area contributed by atoms with Crippen LogP contribution in [0.4, 0.5) is 13.2 Å². The van der Waals surface area contributed by atoms with Crippen molar-refractivity contribution in [1.82, 2.24) is 25.9 Å². The monoisotopic (exact) mass is 512 g/mol. The van der Waals surface area contributed by atoms with Gasteiger partial charge in [0, 0.05) is 17.6 Å². The molecule has 1 heterocycles. The molecule has 3 aliphatic rings. The number of sulfonamides is 1. The van der Waals surface area contributed by atoms with Gasteiger partial charge in [-0.15, -0.1) is 10.2 Å². The Bertz CT molecular complexity index is 1150. The highest BCUT2D eigenvalue weighted by atomic mass is 32.2. The molecule has 5 rings (SSSR count). The summed E-state index contributed by atoms with van der Waals surface area (Å²) in [5.74, 6) is -0.335. The molecule has 1 aromatic carbocycles. The second-order valence-electron chi connectivity index (χ2n) is 10.6. The van der Waals surface area contributed by atoms with Gasteiger partial charge in [-0.3, -0.25) is 0 Å². The van der Waals surface area contributed by atoms with Gasteiger partial charge in [-0.25, -0.2) is 13.6 Å². The number of alkyl halides is 3. The fraction of sp³-hybridized carbons (Fsp3) is 0.696. The van der Waals surface area contributed by atoms with Crippen LogP contribution in [0.1, 0.15) is 87.7 Å². The number of benzene rings is 1. The number of rotatable bonds is 5. The lowest BCUT2D eigenvalue weighted by molar-refractivity contribution is -0.139. The summed E-state index contributed by atoms with van der Waals surface area (Å²) in [5, 5.41) is 22.3. The third kappa shape index (κ3) is 4.97. The van der Waals surface area contributed by atoms with Crippen molar-refractivity contribution in [3.05, 3.63) is 23.3 Å². The van der Waals surface area contributed by atoms with E-state index < -0.39 is 26.7 Å². The number of hydrogen-bond acceptors (Lipinski definition) is 6. The van der Waals surface area contributed by atoms with Crippen molar-refractivity contribution >= 4 is 10.0 Å². The van der Waals surface area contributed by atoms with Crippen molar-refractivity contribution in [3.8, 4) is 11.4 Å². The molecule has 0 bridgehead atoms. The smallest absolute Gasteiger partial charge is 0.311 e. The maximum atomic E-state index is 13.7. The molecule has 8 nitrogen and oxygen atoms in total. The normalized spacial score (nSPS) is 25.5. The van der Waals surface area contributed by atoms with Gasteiger partial charge in [0.15, 0.2) is 0 Å². The van der Waals surface area contributed by atoms with E-state index in [1.807, 2.05) is 0 Å². The van der Waals surface area contributed by atoms with Crippen molar-refractivity contribution in [2.24, 2.45) is 10.6 Å². The molecule has 0 aliphatic heterocycles. The van der Waals surface area contributed by atoms with E-state index >= 15 is 0 Å². The lowest BCUT2D eigenvalue weighted by Gasteiger charge is -2.52. The van der Waals surface area contributed by atoms with E-state index in [2.05, 4.69) is 25.9 Å². The molecular weight excluding hydrogens is 481 g/mol. The van der Waals surface area contributed by atoms with Crippen LogP contribution in [0.15, 0.2) is 17.0 Å². The second-order valence-corrected chi connectivity index (χ2v) is 12.1. The predicted molar refractivity (Wildman–Crippen MR) is 123 cm³/mol. The maximum Gasteiger partial charge on any atom is 0.417 e. The summed E-state index contributed by atoms with van der Waals surface area (Å²) in [4.78, 5) is -0.989. The van der Waals surface area contributed by atoms with Gasteiger partial charge >= 0.3 is 6.18 Å². The Labute approximate surface area is 202 Å². The molecule has 2 aromatic rings. The minimum Gasteiger partial charge on any atom is -0.311 e. The summed E-state index contributed by atoms with van der Waals surface area (Å²) < 4.78 is 65.9. The van der Waals surface area contributed by atoms with E-state index in [0.29, 0.717) is 23.1 Å². The number of nitrogens with two attached hydrogens (primary N) is 1. The molecule has 3 aliphatic carbocycles. The van der Waals surface area contributed by atoms with Crippen molar-refractivity contribution < 1.29 is 21.6 Å². The molecule has 3 fully saturated rings. The summed E-state index contributed by atoms with van der Waals surface area (Å²) in [6.45, 7) is 0. The Kier molecular flexibility index (Phi) is 6.41. The molecule has 0 saturated heterocycles. The second kappa shape index (κ2) is 9.11. The Morgan fingerprint density at radius 2 is 1.71 bits per heavy atom. The average molecular weight is 513 g/mol. The minimum absolute atomic E-state index is 0.129. The molecule has 35 heavy (non-hydrogen) atoms. The molecule has 1 aromatic heterocycles. The third-order valence-corrected chi connectivity index (χ3v) is 9.25. The number of nitrogens with zero attached hydrogens (tertiary/aromatic N) is 3. The number of aromatic amines is 1. The lowest BCUT2D eigenvalue weighted by atomic mass is 9.58. The van der Waals surface area contributed by atoms with E-state index in [4.69, 9.17) is 5.14 Å². The average Bonchev–Trinajstić information content (AvgIpc) is 3.32. The summed E-state index contributed by atoms with van der Waals surface area (Å²) in [6.07, 6.45) is 7.47. The first-order valence-corrected chi connectivity index (χ1v) is 13.9. The molecule has 192 valence electrons. The molecule has 4 N–H and O–H groups in total. The van der Waals surface area contributed by atoms with Crippen LogP contribution in [0.3, 0.4) is 0 Å². The molecule has 0 unspecified atom stereocenters. The maximum absolute atomic E-state index is 13.7. The van der Waals surface area contributed by atoms with Gasteiger partial charge in [0.25, 0.3) is 0 Å². The van der Waals surface area contributed by atoms with Gasteiger partial charge < -0.3 is 5.32 Å². The van der Waals surface area contributed by atoms with Gasteiger partial charge in [-0.1, -0.05) is 25.3 Å². The number of aromatic nitrogens is 4. The fourth-order valence-corrected chi connectivity index (χ4v) is 7.66. The van der Waals surface area contributed by atoms with E-state index in [-0.39, 0.29) is 17.3 Å². The van der Waals surface area contributed by atoms with Crippen LogP contribution in [0.25, 0.3) is 11.4 Å². The van der Waals surface area contributed by atoms with Crippen molar-refractivity contribution in [1.29, 1.82) is 0 Å². The number of hydrogen-bond donors (Lipinski definition) is 3. The lowest BCUT2D eigenvalue weighted by Crippen LogP contribution is -2.53. The van der Waals surface area contributed by atoms with Crippen LogP contribution in [-0.2, 0) is 16.2 Å². The van der Waals surface area contributed by atoms with Crippen LogP contribution in [-0.4, -0.2) is 41.1 Å². The highest BCUT2D eigenvalue weighted by molar-refractivity contribution is 7.89. The number of H-pyrrole nitrogens is 1. The van der Waals surface area contributed by atoms with E-state index in [0.717, 1.165) is 31.7 Å². The van der Waals surface area contributed by atoms with Crippen LogP contribution in [0, 0.1) is 5.41 Å². The Balaban J connectivity index is 1.35. The summed E-state index contributed by atoms with van der Waals surface area (Å²) in [7, 11) is -4.72. The van der Waals surface area contributed by atoms with E-state index in [1.165, 1.54) is 51.0 Å². The molecule has 3 saturated carbocycles. The van der Waals surface area contributed by atoms with Gasteiger partial charge in [-0.05, 0) is 79.5 Å². The van der Waals surface area contributed by atoms with Gasteiger partial charge in [-0.2, -0.15) is 18.4 Å². The van der Waals surface area contributed by atoms with Gasteiger partial charge in [0.1, 0.15) is 4.90 Å². The van der Waals surface area contributed by atoms with Crippen molar-refractivity contribution in [3.63, 3.8) is 0 Å². The molecule has 12 heteroatoms. The standard InChI is InChI=1S/C23H31F3N6O2S/c24-23(25,26)18-9-8-17(19(20(18)35(27,33)34)21-29-31-32-30-21)14-4-6-15(7-5-14)28-16-12-22(13-16)10-2-1-3-11-22/h8-9,14-16,28H,1-7,10-13H2,(H2,27,33,34)(H,29,30,31,32). The van der Waals surface area contributed by atoms with E-state index in [9.17, 15) is 21.6 Å². The SMILES string of the molecule is NS(=O)(=O)c1c(C(F)(F)F)ccc(C2CCC(NC3CC4(CCCCC4)C3)CC2)c1-c1nn[nH]n1. The zero-order valence-corrected chi connectivity index (χ0v) is 20.3. The first-order valence-electron chi connectivity index (χ1n) is 12.3. The molecule has 0 amide bonds. The molecule has 0 atom stereocenters. The first kappa shape index (κ1) is 24.6. The summed E-state index contributed by atoms with van der Waals surface area (Å²) in [5.41, 5.74) is -0.505. The number of nitrogens with one attached hydrogen (secondary N) is 2. The first-order chi connectivity index (χ1) is 16.6. The third-order valence-electron chi connectivity index (χ3n) is 8.26. The van der Waals surface area contributed by atoms with Crippen LogP contribution in [0.5, 0.6) is 0 Å². The van der Waals surface area contributed by atoms with Crippen LogP contribution in [0.2, 0.25) is 0 Å². The fourth-order valence-electron chi connectivity index (χ4n) is 6.67. The van der Waals surface area contributed by atoms with Crippen molar-refractivity contribution in [2.45, 2.75) is 99.7 Å². The largest absolute Gasteiger partial charge is 0.417 e. The zero-order valence-electron chi connectivity index (χ0n) is 19.4. The highest BCUT2D eigenvalue weighted by Crippen LogP contribution is 2.52. The number of halogens is 3. The quantitative estimate of drug-likeness (QED) is 0.549. The van der Waals surface area contributed by atoms with Crippen LogP contribution < -0.4 is 10.5 Å². The molecule has 1 spiro atoms. The number of tetrazole rings is 1.